The maximum atomic E-state index is 11.2. The van der Waals surface area contributed by atoms with Crippen molar-refractivity contribution in [3.8, 4) is 0 Å². The molecule has 0 radical (unpaired) electrons. The van der Waals surface area contributed by atoms with Gasteiger partial charge in [-0.1, -0.05) is 18.2 Å². The molecule has 0 aliphatic carbocycles. The molecule has 6 heteroatoms. The van der Waals surface area contributed by atoms with Gasteiger partial charge in [0.25, 0.3) is 5.69 Å². The highest BCUT2D eigenvalue weighted by atomic mass is 16.6. The molecule has 0 aliphatic rings. The maximum Gasteiger partial charge on any atom is 0.295 e. The summed E-state index contributed by atoms with van der Waals surface area (Å²) >= 11 is 0. The van der Waals surface area contributed by atoms with Crippen LogP contribution in [-0.2, 0) is 6.54 Å². The number of pyridine rings is 2. The van der Waals surface area contributed by atoms with E-state index < -0.39 is 4.92 Å². The van der Waals surface area contributed by atoms with Crippen LogP contribution in [0.15, 0.2) is 42.6 Å². The number of anilines is 1. The smallest absolute Gasteiger partial charge is 0.295 e. The standard InChI is InChI=1S/C17H16N4O2/c1-11-5-4-8-18-15(11)10-19-14-9-12(2)20-17-13(14)6-3-7-16(17)21(22)23/h3-9H,10H2,1-2H3,(H,19,20). The Balaban J connectivity index is 2.02. The fourth-order valence-corrected chi connectivity index (χ4v) is 2.54. The van der Waals surface area contributed by atoms with Crippen molar-refractivity contribution in [1.29, 1.82) is 0 Å². The van der Waals surface area contributed by atoms with Gasteiger partial charge in [-0.3, -0.25) is 15.1 Å². The Morgan fingerprint density at radius 1 is 1.22 bits per heavy atom. The van der Waals surface area contributed by atoms with E-state index in [1.54, 1.807) is 12.3 Å². The predicted octanol–water partition coefficient (Wildman–Crippen LogP) is 3.77. The van der Waals surface area contributed by atoms with Crippen molar-refractivity contribution < 1.29 is 4.92 Å². The molecule has 0 unspecified atom stereocenters. The van der Waals surface area contributed by atoms with Crippen LogP contribution in [0.2, 0.25) is 0 Å². The molecule has 0 fully saturated rings. The number of fused-ring (bicyclic) bond motifs is 1. The third-order valence-corrected chi connectivity index (χ3v) is 3.71. The van der Waals surface area contributed by atoms with Crippen LogP contribution in [0.25, 0.3) is 10.9 Å². The Morgan fingerprint density at radius 2 is 2.04 bits per heavy atom. The number of hydrogen-bond donors (Lipinski definition) is 1. The quantitative estimate of drug-likeness (QED) is 0.586. The molecule has 3 aromatic rings. The van der Waals surface area contributed by atoms with Gasteiger partial charge in [-0.2, -0.15) is 0 Å². The summed E-state index contributed by atoms with van der Waals surface area (Å²) in [6, 6.07) is 10.8. The van der Waals surface area contributed by atoms with Crippen LogP contribution in [-0.4, -0.2) is 14.9 Å². The minimum absolute atomic E-state index is 0.0169. The fraction of sp³-hybridized carbons (Fsp3) is 0.176. The lowest BCUT2D eigenvalue weighted by atomic mass is 10.1. The van der Waals surface area contributed by atoms with Gasteiger partial charge >= 0.3 is 0 Å². The Bertz CT molecular complexity index is 893. The molecule has 2 aromatic heterocycles. The second kappa shape index (κ2) is 6.00. The molecular weight excluding hydrogens is 292 g/mol. The molecule has 0 bridgehead atoms. The Labute approximate surface area is 133 Å². The average molecular weight is 308 g/mol. The van der Waals surface area contributed by atoms with Crippen LogP contribution in [0.3, 0.4) is 0 Å². The van der Waals surface area contributed by atoms with Gasteiger partial charge in [0, 0.05) is 29.0 Å². The molecule has 116 valence electrons. The summed E-state index contributed by atoms with van der Waals surface area (Å²) in [6.07, 6.45) is 1.75. The van der Waals surface area contributed by atoms with E-state index in [2.05, 4.69) is 15.3 Å². The van der Waals surface area contributed by atoms with E-state index in [-0.39, 0.29) is 5.69 Å². The Hall–Kier alpha value is -3.02. The molecule has 1 N–H and O–H groups in total. The van der Waals surface area contributed by atoms with Gasteiger partial charge in [0.05, 0.1) is 17.2 Å². The summed E-state index contributed by atoms with van der Waals surface area (Å²) < 4.78 is 0. The molecule has 1 aromatic carbocycles. The van der Waals surface area contributed by atoms with Crippen molar-refractivity contribution in [2.45, 2.75) is 20.4 Å². The topological polar surface area (TPSA) is 81.0 Å². The number of rotatable bonds is 4. The Kier molecular flexibility index (Phi) is 3.89. The third-order valence-electron chi connectivity index (χ3n) is 3.71. The van der Waals surface area contributed by atoms with Crippen LogP contribution in [0.1, 0.15) is 17.0 Å². The van der Waals surface area contributed by atoms with Crippen LogP contribution in [0, 0.1) is 24.0 Å². The van der Waals surface area contributed by atoms with E-state index in [4.69, 9.17) is 0 Å². The zero-order chi connectivity index (χ0) is 16.4. The number of aromatic nitrogens is 2. The fourth-order valence-electron chi connectivity index (χ4n) is 2.54. The van der Waals surface area contributed by atoms with Crippen LogP contribution < -0.4 is 5.32 Å². The first-order valence-corrected chi connectivity index (χ1v) is 7.25. The molecule has 6 nitrogen and oxygen atoms in total. The minimum atomic E-state index is -0.401. The summed E-state index contributed by atoms with van der Waals surface area (Å²) in [5.41, 5.74) is 4.01. The van der Waals surface area contributed by atoms with E-state index in [1.165, 1.54) is 6.07 Å². The van der Waals surface area contributed by atoms with Gasteiger partial charge in [0.1, 0.15) is 0 Å². The first-order chi connectivity index (χ1) is 11.1. The van der Waals surface area contributed by atoms with Crippen molar-refractivity contribution in [2.24, 2.45) is 0 Å². The number of aryl methyl sites for hydroxylation is 2. The first kappa shape index (κ1) is 14.9. The zero-order valence-electron chi connectivity index (χ0n) is 12.9. The second-order valence-corrected chi connectivity index (χ2v) is 5.36. The van der Waals surface area contributed by atoms with Gasteiger partial charge in [0.2, 0.25) is 0 Å². The van der Waals surface area contributed by atoms with Crippen molar-refractivity contribution in [3.05, 3.63) is 69.7 Å². The summed E-state index contributed by atoms with van der Waals surface area (Å²) in [5.74, 6) is 0. The third kappa shape index (κ3) is 2.96. The van der Waals surface area contributed by atoms with E-state index >= 15 is 0 Å². The molecule has 0 amide bonds. The summed E-state index contributed by atoms with van der Waals surface area (Å²) in [4.78, 5) is 19.5. The van der Waals surface area contributed by atoms with Crippen molar-refractivity contribution >= 4 is 22.3 Å². The van der Waals surface area contributed by atoms with Gasteiger partial charge in [-0.05, 0) is 31.5 Å². The number of nitrogens with zero attached hydrogens (tertiary/aromatic N) is 3. The molecule has 0 saturated heterocycles. The van der Waals surface area contributed by atoms with Crippen LogP contribution in [0.5, 0.6) is 0 Å². The highest BCUT2D eigenvalue weighted by molar-refractivity contribution is 5.96. The molecule has 3 rings (SSSR count). The molecule has 2 heterocycles. The number of benzene rings is 1. The van der Waals surface area contributed by atoms with Gasteiger partial charge < -0.3 is 5.32 Å². The molecule has 0 aliphatic heterocycles. The molecule has 0 spiro atoms. The molecule has 0 atom stereocenters. The zero-order valence-corrected chi connectivity index (χ0v) is 12.9. The lowest BCUT2D eigenvalue weighted by Gasteiger charge is -2.11. The molecule has 0 saturated carbocycles. The van der Waals surface area contributed by atoms with E-state index in [1.807, 2.05) is 38.1 Å². The normalized spacial score (nSPS) is 10.7. The summed E-state index contributed by atoms with van der Waals surface area (Å²) in [7, 11) is 0. The van der Waals surface area contributed by atoms with Crippen molar-refractivity contribution in [1.82, 2.24) is 9.97 Å². The van der Waals surface area contributed by atoms with E-state index in [0.717, 1.165) is 28.0 Å². The number of hydrogen-bond acceptors (Lipinski definition) is 5. The lowest BCUT2D eigenvalue weighted by molar-refractivity contribution is -0.383. The minimum Gasteiger partial charge on any atom is -0.379 e. The monoisotopic (exact) mass is 308 g/mol. The lowest BCUT2D eigenvalue weighted by Crippen LogP contribution is -2.05. The van der Waals surface area contributed by atoms with E-state index in [9.17, 15) is 10.1 Å². The number of nitrogens with one attached hydrogen (secondary N) is 1. The van der Waals surface area contributed by atoms with Crippen molar-refractivity contribution in [2.75, 3.05) is 5.32 Å². The molecular formula is C17H16N4O2. The summed E-state index contributed by atoms with van der Waals surface area (Å²) in [5, 5.41) is 15.3. The largest absolute Gasteiger partial charge is 0.379 e. The highest BCUT2D eigenvalue weighted by Gasteiger charge is 2.15. The van der Waals surface area contributed by atoms with E-state index in [0.29, 0.717) is 12.1 Å². The molecule has 23 heavy (non-hydrogen) atoms. The van der Waals surface area contributed by atoms with Crippen LogP contribution >= 0.6 is 0 Å². The first-order valence-electron chi connectivity index (χ1n) is 7.25. The second-order valence-electron chi connectivity index (χ2n) is 5.36. The number of non-ortho nitro benzene ring substituents is 1. The van der Waals surface area contributed by atoms with Gasteiger partial charge in [-0.25, -0.2) is 4.98 Å². The van der Waals surface area contributed by atoms with Crippen molar-refractivity contribution in [3.63, 3.8) is 0 Å². The highest BCUT2D eigenvalue weighted by Crippen LogP contribution is 2.30. The Morgan fingerprint density at radius 3 is 2.78 bits per heavy atom. The van der Waals surface area contributed by atoms with Crippen LogP contribution in [0.4, 0.5) is 11.4 Å². The number of nitro benzene ring substituents is 1. The number of para-hydroxylation sites is 1. The maximum absolute atomic E-state index is 11.2. The summed E-state index contributed by atoms with van der Waals surface area (Å²) in [6.45, 7) is 4.38. The SMILES string of the molecule is Cc1cc(NCc2ncccc2C)c2cccc([N+](=O)[O-])c2n1. The van der Waals surface area contributed by atoms with Gasteiger partial charge in [-0.15, -0.1) is 0 Å². The average Bonchev–Trinajstić information content (AvgIpc) is 2.53. The number of nitro groups is 1. The predicted molar refractivity (Wildman–Crippen MR) is 89.4 cm³/mol. The van der Waals surface area contributed by atoms with Gasteiger partial charge in [0.15, 0.2) is 5.52 Å².